The highest BCUT2D eigenvalue weighted by Gasteiger charge is 2.41. The Morgan fingerprint density at radius 3 is 1.12 bits per heavy atom. The van der Waals surface area contributed by atoms with Gasteiger partial charge in [0.05, 0.1) is 33.8 Å². The molecule has 0 saturated heterocycles. The Hall–Kier alpha value is -3.94. The maximum Gasteiger partial charge on any atom is 0.200 e. The van der Waals surface area contributed by atoms with Gasteiger partial charge < -0.3 is 0 Å². The number of aromatic nitrogens is 8. The quantitative estimate of drug-likeness (QED) is 0.210. The van der Waals surface area contributed by atoms with Crippen molar-refractivity contribution in [3.63, 3.8) is 0 Å². The van der Waals surface area contributed by atoms with Gasteiger partial charge in [0.25, 0.3) is 0 Å². The van der Waals surface area contributed by atoms with Crippen LogP contribution in [-0.4, -0.2) is 40.3 Å². The summed E-state index contributed by atoms with van der Waals surface area (Å²) in [5, 5.41) is 20.5. The topological polar surface area (TPSA) is 103 Å². The van der Waals surface area contributed by atoms with Gasteiger partial charge in [0.2, 0.25) is 11.6 Å². The minimum Gasteiger partial charge on any atom is -0.242 e. The van der Waals surface area contributed by atoms with Crippen LogP contribution in [0.15, 0.2) is 36.4 Å². The van der Waals surface area contributed by atoms with Gasteiger partial charge in [-0.3, -0.25) is 0 Å². The molecule has 0 aliphatic heterocycles. The van der Waals surface area contributed by atoms with E-state index in [4.69, 9.17) is 30.1 Å². The van der Waals surface area contributed by atoms with Crippen LogP contribution in [0.3, 0.4) is 0 Å². The molecule has 42 heavy (non-hydrogen) atoms. The lowest BCUT2D eigenvalue weighted by molar-refractivity contribution is 0.311. The third-order valence-electron chi connectivity index (χ3n) is 9.67. The number of benzene rings is 1. The second kappa shape index (κ2) is 8.79. The van der Waals surface area contributed by atoms with Crippen molar-refractivity contribution in [1.82, 2.24) is 40.3 Å². The lowest BCUT2D eigenvalue weighted by atomic mass is 9.67. The van der Waals surface area contributed by atoms with E-state index in [9.17, 15) is 0 Å². The average molecular weight is 559 g/mol. The van der Waals surface area contributed by atoms with Crippen LogP contribution in [0.2, 0.25) is 0 Å². The molecule has 0 N–H and O–H groups in total. The molecule has 0 spiro atoms. The van der Waals surface area contributed by atoms with Crippen LogP contribution in [-0.2, 0) is 21.7 Å². The molecule has 0 atom stereocenters. The zero-order valence-corrected chi connectivity index (χ0v) is 25.9. The van der Waals surface area contributed by atoms with E-state index in [-0.39, 0.29) is 21.7 Å². The Labute approximate surface area is 246 Å². The Bertz CT molecular complexity index is 1770. The van der Waals surface area contributed by atoms with Gasteiger partial charge >= 0.3 is 0 Å². The smallest absolute Gasteiger partial charge is 0.200 e. The summed E-state index contributed by atoms with van der Waals surface area (Å²) >= 11 is 0. The minimum atomic E-state index is -0.0672. The molecule has 4 aromatic heterocycles. The largest absolute Gasteiger partial charge is 0.242 e. The first-order chi connectivity index (χ1) is 19.8. The van der Waals surface area contributed by atoms with Crippen LogP contribution in [0, 0.1) is 0 Å². The fraction of sp³-hybridized carbons (Fsp3) is 0.471. The Morgan fingerprint density at radius 1 is 0.405 bits per heavy atom. The molecule has 0 saturated carbocycles. The molecular formula is C34H38N8. The van der Waals surface area contributed by atoms with Gasteiger partial charge in [0.15, 0.2) is 0 Å². The molecule has 0 unspecified atom stereocenters. The van der Waals surface area contributed by atoms with Crippen LogP contribution in [0.1, 0.15) is 104 Å². The van der Waals surface area contributed by atoms with E-state index in [0.717, 1.165) is 70.3 Å². The van der Waals surface area contributed by atoms with E-state index < -0.39 is 0 Å². The number of fused-ring (bicyclic) bond motifs is 5. The summed E-state index contributed by atoms with van der Waals surface area (Å²) in [4.78, 5) is 20.3. The van der Waals surface area contributed by atoms with Crippen LogP contribution < -0.4 is 0 Å². The van der Waals surface area contributed by atoms with Crippen LogP contribution in [0.5, 0.6) is 0 Å². The second-order valence-electron chi connectivity index (χ2n) is 14.8. The molecule has 0 amide bonds. The second-order valence-corrected chi connectivity index (χ2v) is 14.8. The molecular weight excluding hydrogens is 520 g/mol. The summed E-state index contributed by atoms with van der Waals surface area (Å²) in [6, 6.07) is 12.2. The SMILES string of the molecule is CC1(C)CCC(C)(C)c2nc(-c3ccc4ccc5ccc(-c6nnc7c(n6)C(C)(C)CCC7(C)C)nc5c4n3)nnc21. The van der Waals surface area contributed by atoms with E-state index >= 15 is 0 Å². The Morgan fingerprint density at radius 2 is 0.738 bits per heavy atom. The number of hydrogen-bond acceptors (Lipinski definition) is 8. The van der Waals surface area contributed by atoms with Crippen molar-refractivity contribution in [2.75, 3.05) is 0 Å². The molecule has 2 aliphatic carbocycles. The Kier molecular flexibility index (Phi) is 5.63. The highest BCUT2D eigenvalue weighted by atomic mass is 15.2. The standard InChI is InChI=1S/C34H38N8/c1-31(2)15-17-33(5,6)27-25(31)37-29(41-39-27)21-13-11-19-9-10-20-12-14-22(36-24(20)23(19)35-21)30-38-26-28(40-42-30)34(7,8)18-16-32(26,3)4/h9-14H,15-18H2,1-8H3. The summed E-state index contributed by atoms with van der Waals surface area (Å²) in [6.45, 7) is 17.9. The first-order valence-corrected chi connectivity index (χ1v) is 15.0. The third kappa shape index (κ3) is 4.17. The number of nitrogens with zero attached hydrogens (tertiary/aromatic N) is 8. The maximum atomic E-state index is 5.07. The molecule has 0 fully saturated rings. The minimum absolute atomic E-state index is 0.0463. The number of rotatable bonds is 2. The van der Waals surface area contributed by atoms with Gasteiger partial charge in [-0.05, 0) is 37.8 Å². The molecule has 0 bridgehead atoms. The zero-order valence-electron chi connectivity index (χ0n) is 25.9. The highest BCUT2D eigenvalue weighted by Crippen LogP contribution is 2.45. The lowest BCUT2D eigenvalue weighted by Gasteiger charge is -2.39. The molecule has 5 aromatic rings. The van der Waals surface area contributed by atoms with E-state index in [2.05, 4.69) is 89.9 Å². The molecule has 4 heterocycles. The summed E-state index contributed by atoms with van der Waals surface area (Å²) < 4.78 is 0. The highest BCUT2D eigenvalue weighted by molar-refractivity contribution is 6.03. The van der Waals surface area contributed by atoms with Gasteiger partial charge in [0, 0.05) is 32.4 Å². The number of pyridine rings is 2. The predicted octanol–water partition coefficient (Wildman–Crippen LogP) is 7.19. The molecule has 8 heteroatoms. The summed E-state index contributed by atoms with van der Waals surface area (Å²) in [5.74, 6) is 1.09. The molecule has 0 radical (unpaired) electrons. The van der Waals surface area contributed by atoms with Crippen molar-refractivity contribution in [3.05, 3.63) is 59.2 Å². The monoisotopic (exact) mass is 558 g/mol. The van der Waals surface area contributed by atoms with E-state index in [1.807, 2.05) is 12.1 Å². The van der Waals surface area contributed by atoms with Crippen molar-refractivity contribution < 1.29 is 0 Å². The first-order valence-electron chi connectivity index (χ1n) is 15.0. The van der Waals surface area contributed by atoms with Gasteiger partial charge in [-0.2, -0.15) is 10.2 Å². The summed E-state index contributed by atoms with van der Waals surface area (Å²) in [5.41, 5.74) is 6.75. The predicted molar refractivity (Wildman–Crippen MR) is 165 cm³/mol. The van der Waals surface area contributed by atoms with Crippen molar-refractivity contribution in [2.45, 2.75) is 103 Å². The van der Waals surface area contributed by atoms with Crippen LogP contribution in [0.25, 0.3) is 44.8 Å². The fourth-order valence-corrected chi connectivity index (χ4v) is 6.46. The van der Waals surface area contributed by atoms with Gasteiger partial charge in [-0.1, -0.05) is 79.7 Å². The van der Waals surface area contributed by atoms with E-state index in [1.165, 1.54) is 0 Å². The van der Waals surface area contributed by atoms with Crippen molar-refractivity contribution >= 4 is 21.8 Å². The van der Waals surface area contributed by atoms with Gasteiger partial charge in [-0.25, -0.2) is 19.9 Å². The molecule has 8 nitrogen and oxygen atoms in total. The van der Waals surface area contributed by atoms with Crippen LogP contribution in [0.4, 0.5) is 0 Å². The molecule has 214 valence electrons. The van der Waals surface area contributed by atoms with Gasteiger partial charge in [0.1, 0.15) is 11.4 Å². The van der Waals surface area contributed by atoms with Crippen LogP contribution >= 0.6 is 0 Å². The van der Waals surface area contributed by atoms with Crippen molar-refractivity contribution in [1.29, 1.82) is 0 Å². The molecule has 7 rings (SSSR count). The normalized spacial score (nSPS) is 19.8. The van der Waals surface area contributed by atoms with Crippen molar-refractivity contribution in [3.8, 4) is 23.0 Å². The lowest BCUT2D eigenvalue weighted by Crippen LogP contribution is -2.36. The van der Waals surface area contributed by atoms with Crippen molar-refractivity contribution in [2.24, 2.45) is 0 Å². The summed E-state index contributed by atoms with van der Waals surface area (Å²) in [7, 11) is 0. The third-order valence-corrected chi connectivity index (χ3v) is 9.67. The fourth-order valence-electron chi connectivity index (χ4n) is 6.46. The van der Waals surface area contributed by atoms with Gasteiger partial charge in [-0.15, -0.1) is 10.2 Å². The summed E-state index contributed by atoms with van der Waals surface area (Å²) in [6.07, 6.45) is 4.25. The average Bonchev–Trinajstić information content (AvgIpc) is 2.97. The number of hydrogen-bond donors (Lipinski definition) is 0. The first kappa shape index (κ1) is 26.9. The molecule has 1 aromatic carbocycles. The molecule has 2 aliphatic rings. The maximum absolute atomic E-state index is 5.07. The zero-order chi connectivity index (χ0) is 29.7. The Balaban J connectivity index is 1.36. The van der Waals surface area contributed by atoms with E-state index in [1.54, 1.807) is 0 Å². The van der Waals surface area contributed by atoms with E-state index in [0.29, 0.717) is 23.0 Å².